The Hall–Kier alpha value is -1.89. The molecular formula is C22H32N2O4S. The molecule has 29 heavy (non-hydrogen) atoms. The van der Waals surface area contributed by atoms with Crippen molar-refractivity contribution in [3.8, 4) is 0 Å². The van der Waals surface area contributed by atoms with Crippen LogP contribution in [-0.2, 0) is 22.4 Å². The molecule has 3 N–H and O–H groups in total. The molecule has 6 nitrogen and oxygen atoms in total. The van der Waals surface area contributed by atoms with Crippen molar-refractivity contribution in [1.82, 2.24) is 5.32 Å². The highest BCUT2D eigenvalue weighted by Gasteiger charge is 2.27. The van der Waals surface area contributed by atoms with Crippen LogP contribution in [0.5, 0.6) is 0 Å². The van der Waals surface area contributed by atoms with Crippen LogP contribution in [0.25, 0.3) is 0 Å². The number of carboxylic acids is 1. The highest BCUT2D eigenvalue weighted by atomic mass is 32.1. The fraction of sp³-hybridized carbons (Fsp3) is 0.682. The summed E-state index contributed by atoms with van der Waals surface area (Å²) in [5.41, 5.74) is 1.76. The smallest absolute Gasteiger partial charge is 0.303 e. The number of aliphatic carboxylic acids is 1. The first-order chi connectivity index (χ1) is 13.9. The molecule has 0 saturated heterocycles. The van der Waals surface area contributed by atoms with Crippen molar-refractivity contribution < 1.29 is 19.5 Å². The first kappa shape index (κ1) is 21.8. The molecule has 1 aromatic rings. The highest BCUT2D eigenvalue weighted by molar-refractivity contribution is 7.17. The van der Waals surface area contributed by atoms with Crippen molar-refractivity contribution in [2.75, 3.05) is 5.32 Å². The molecule has 0 bridgehead atoms. The van der Waals surface area contributed by atoms with E-state index in [2.05, 4.69) is 10.6 Å². The van der Waals surface area contributed by atoms with Crippen LogP contribution >= 0.6 is 11.3 Å². The zero-order valence-corrected chi connectivity index (χ0v) is 18.0. The van der Waals surface area contributed by atoms with E-state index in [1.807, 2.05) is 0 Å². The molecule has 1 heterocycles. The van der Waals surface area contributed by atoms with Crippen molar-refractivity contribution in [2.24, 2.45) is 5.92 Å². The number of carboxylic acid groups (broad SMARTS) is 1. The first-order valence-electron chi connectivity index (χ1n) is 10.9. The minimum atomic E-state index is -0.902. The third-order valence-electron chi connectivity index (χ3n) is 5.90. The van der Waals surface area contributed by atoms with E-state index in [1.165, 1.54) is 29.1 Å². The maximum absolute atomic E-state index is 13.2. The molecule has 7 heteroatoms. The van der Waals surface area contributed by atoms with Crippen molar-refractivity contribution in [3.05, 3.63) is 16.0 Å². The van der Waals surface area contributed by atoms with Gasteiger partial charge in [0.15, 0.2) is 0 Å². The molecular weight excluding hydrogens is 388 g/mol. The molecule has 2 amide bonds. The van der Waals surface area contributed by atoms with Crippen molar-refractivity contribution >= 4 is 34.1 Å². The second-order valence-corrected chi connectivity index (χ2v) is 9.64. The van der Waals surface area contributed by atoms with E-state index in [9.17, 15) is 14.4 Å². The fourth-order valence-electron chi connectivity index (χ4n) is 4.44. The number of carbonyl (C=O) groups excluding carboxylic acids is 2. The standard InChI is InChI=1S/C22H32N2O4S/c1-14(13-19(26)27)12-18(25)24-22-20(16-10-6-3-7-11-17(16)29-22)21(28)23-15-8-4-2-5-9-15/h14-15H,2-13H2,1H3,(H,23,28)(H,24,25)(H,26,27)/t14-/m1/s1. The molecule has 3 rings (SSSR count). The number of nitrogens with one attached hydrogen (secondary N) is 2. The topological polar surface area (TPSA) is 95.5 Å². The number of hydrogen-bond acceptors (Lipinski definition) is 4. The summed E-state index contributed by atoms with van der Waals surface area (Å²) in [4.78, 5) is 37.8. The molecule has 0 unspecified atom stereocenters. The fourth-order valence-corrected chi connectivity index (χ4v) is 5.74. The van der Waals surface area contributed by atoms with Gasteiger partial charge in [-0.3, -0.25) is 14.4 Å². The van der Waals surface area contributed by atoms with Crippen LogP contribution in [0.15, 0.2) is 0 Å². The Kier molecular flexibility index (Phi) is 7.70. The van der Waals surface area contributed by atoms with Crippen LogP contribution < -0.4 is 10.6 Å². The molecule has 2 aliphatic carbocycles. The lowest BCUT2D eigenvalue weighted by Gasteiger charge is -2.23. The van der Waals surface area contributed by atoms with E-state index in [4.69, 9.17) is 5.11 Å². The van der Waals surface area contributed by atoms with E-state index in [1.54, 1.807) is 6.92 Å². The van der Waals surface area contributed by atoms with Gasteiger partial charge in [-0.05, 0) is 50.0 Å². The van der Waals surface area contributed by atoms with Gasteiger partial charge in [0, 0.05) is 23.8 Å². The number of aryl methyl sites for hydroxylation is 1. The Morgan fingerprint density at radius 1 is 1.03 bits per heavy atom. The van der Waals surface area contributed by atoms with Gasteiger partial charge < -0.3 is 15.7 Å². The first-order valence-corrected chi connectivity index (χ1v) is 11.7. The molecule has 1 aromatic heterocycles. The van der Waals surface area contributed by atoms with Gasteiger partial charge in [0.05, 0.1) is 5.56 Å². The maximum atomic E-state index is 13.2. The number of hydrogen-bond donors (Lipinski definition) is 3. The number of fused-ring (bicyclic) bond motifs is 1. The Balaban J connectivity index is 1.77. The highest BCUT2D eigenvalue weighted by Crippen LogP contribution is 2.38. The quantitative estimate of drug-likeness (QED) is 0.565. The van der Waals surface area contributed by atoms with Gasteiger partial charge in [-0.25, -0.2) is 0 Å². The lowest BCUT2D eigenvalue weighted by molar-refractivity contribution is -0.138. The van der Waals surface area contributed by atoms with Crippen LogP contribution in [0, 0.1) is 5.92 Å². The predicted octanol–water partition coefficient (Wildman–Crippen LogP) is 4.52. The molecule has 0 aromatic carbocycles. The van der Waals surface area contributed by atoms with Crippen LogP contribution in [0.2, 0.25) is 0 Å². The van der Waals surface area contributed by atoms with E-state index < -0.39 is 5.97 Å². The average molecular weight is 421 g/mol. The van der Waals surface area contributed by atoms with Crippen LogP contribution in [-0.4, -0.2) is 28.9 Å². The van der Waals surface area contributed by atoms with Gasteiger partial charge in [0.25, 0.3) is 5.91 Å². The second-order valence-electron chi connectivity index (χ2n) is 8.53. The van der Waals surface area contributed by atoms with Gasteiger partial charge in [-0.15, -0.1) is 11.3 Å². The van der Waals surface area contributed by atoms with E-state index in [0.29, 0.717) is 10.6 Å². The van der Waals surface area contributed by atoms with Gasteiger partial charge in [0.2, 0.25) is 5.91 Å². The van der Waals surface area contributed by atoms with Crippen LogP contribution in [0.3, 0.4) is 0 Å². The van der Waals surface area contributed by atoms with Gasteiger partial charge in [0.1, 0.15) is 5.00 Å². The normalized spacial score (nSPS) is 18.4. The number of rotatable bonds is 7. The number of carbonyl (C=O) groups is 3. The summed E-state index contributed by atoms with van der Waals surface area (Å²) < 4.78 is 0. The summed E-state index contributed by atoms with van der Waals surface area (Å²) in [6, 6.07) is 0.219. The largest absolute Gasteiger partial charge is 0.481 e. The van der Waals surface area contributed by atoms with E-state index in [0.717, 1.165) is 56.9 Å². The van der Waals surface area contributed by atoms with Crippen molar-refractivity contribution in [1.29, 1.82) is 0 Å². The molecule has 0 aliphatic heterocycles. The summed E-state index contributed by atoms with van der Waals surface area (Å²) in [7, 11) is 0. The Bertz CT molecular complexity index is 752. The van der Waals surface area contributed by atoms with Crippen molar-refractivity contribution in [3.63, 3.8) is 0 Å². The Morgan fingerprint density at radius 3 is 2.45 bits per heavy atom. The van der Waals surface area contributed by atoms with E-state index >= 15 is 0 Å². The minimum absolute atomic E-state index is 0.0383. The summed E-state index contributed by atoms with van der Waals surface area (Å²) >= 11 is 1.53. The Morgan fingerprint density at radius 2 is 1.72 bits per heavy atom. The lowest BCUT2D eigenvalue weighted by Crippen LogP contribution is -2.36. The minimum Gasteiger partial charge on any atom is -0.481 e. The molecule has 0 radical (unpaired) electrons. The Labute approximate surface area is 176 Å². The average Bonchev–Trinajstić information content (AvgIpc) is 2.82. The van der Waals surface area contributed by atoms with Gasteiger partial charge in [-0.2, -0.15) is 0 Å². The lowest BCUT2D eigenvalue weighted by atomic mass is 9.95. The van der Waals surface area contributed by atoms with Crippen LogP contribution in [0.1, 0.15) is 91.9 Å². The molecule has 2 aliphatic rings. The third kappa shape index (κ3) is 6.04. The summed E-state index contributed by atoms with van der Waals surface area (Å²) in [6.45, 7) is 1.76. The predicted molar refractivity (Wildman–Crippen MR) is 115 cm³/mol. The molecule has 1 saturated carbocycles. The summed E-state index contributed by atoms with van der Waals surface area (Å²) in [5, 5.41) is 15.7. The third-order valence-corrected chi connectivity index (χ3v) is 7.11. The number of anilines is 1. The number of amides is 2. The zero-order chi connectivity index (χ0) is 20.8. The van der Waals surface area contributed by atoms with Gasteiger partial charge >= 0.3 is 5.97 Å². The molecule has 0 spiro atoms. The summed E-state index contributed by atoms with van der Waals surface area (Å²) in [5.74, 6) is -1.43. The molecule has 160 valence electrons. The van der Waals surface area contributed by atoms with Crippen molar-refractivity contribution in [2.45, 2.75) is 90.0 Å². The van der Waals surface area contributed by atoms with E-state index in [-0.39, 0.29) is 36.6 Å². The molecule has 1 atom stereocenters. The van der Waals surface area contributed by atoms with Gasteiger partial charge in [-0.1, -0.05) is 32.6 Å². The second kappa shape index (κ2) is 10.2. The summed E-state index contributed by atoms with van der Waals surface area (Å²) in [6.07, 6.45) is 10.8. The number of thiophene rings is 1. The SMILES string of the molecule is C[C@@H](CC(=O)O)CC(=O)Nc1sc2c(c1C(=O)NC1CCCCC1)CCCCC2. The maximum Gasteiger partial charge on any atom is 0.303 e. The van der Waals surface area contributed by atoms with Crippen LogP contribution in [0.4, 0.5) is 5.00 Å². The monoisotopic (exact) mass is 420 g/mol. The molecule has 1 fully saturated rings. The zero-order valence-electron chi connectivity index (χ0n) is 17.2.